The minimum Gasteiger partial charge on any atom is -0.460 e. The summed E-state index contributed by atoms with van der Waals surface area (Å²) < 4.78 is 49.7. The molecule has 4 aliphatic rings. The second-order valence-corrected chi connectivity index (χ2v) is 9.39. The maximum atomic E-state index is 13.1. The van der Waals surface area contributed by atoms with Gasteiger partial charge < -0.3 is 14.2 Å². The first-order valence-electron chi connectivity index (χ1n) is 10.0. The zero-order chi connectivity index (χ0) is 20.2. The van der Waals surface area contributed by atoms with E-state index in [4.69, 9.17) is 9.29 Å². The Labute approximate surface area is 163 Å². The van der Waals surface area contributed by atoms with E-state index in [1.807, 2.05) is 0 Å². The number of hydrogen-bond donors (Lipinski definition) is 1. The normalized spacial score (nSPS) is 32.8. The highest BCUT2D eigenvalue weighted by Crippen LogP contribution is 2.60. The molecular weight excluding hydrogens is 376 g/mol. The molecule has 4 rings (SSSR count). The van der Waals surface area contributed by atoms with Gasteiger partial charge in [-0.1, -0.05) is 20.8 Å². The van der Waals surface area contributed by atoms with Crippen molar-refractivity contribution >= 4 is 17.0 Å². The van der Waals surface area contributed by atoms with E-state index in [0.29, 0.717) is 17.8 Å². The molecule has 158 valence electrons. The van der Waals surface area contributed by atoms with Gasteiger partial charge in [0.25, 0.3) is 0 Å². The topological polar surface area (TPSA) is 66.8 Å². The van der Waals surface area contributed by atoms with E-state index in [-0.39, 0.29) is 12.0 Å². The van der Waals surface area contributed by atoms with E-state index in [1.54, 1.807) is 0 Å². The van der Waals surface area contributed by atoms with Crippen LogP contribution in [0.25, 0.3) is 0 Å². The maximum absolute atomic E-state index is 13.1. The Hall–Kier alpha value is -0.600. The summed E-state index contributed by atoms with van der Waals surface area (Å²) in [7, 11) is 0. The molecule has 1 atom stereocenters. The number of carbonyl (C=O) groups is 1. The lowest BCUT2D eigenvalue weighted by molar-refractivity contribution is -0.171. The number of ether oxygens (including phenoxy) is 1. The third-order valence-electron chi connectivity index (χ3n) is 6.47. The van der Waals surface area contributed by atoms with E-state index in [1.165, 1.54) is 38.9 Å². The Bertz CT molecular complexity index is 499. The molecule has 8 heteroatoms. The molecule has 27 heavy (non-hydrogen) atoms. The lowest BCUT2D eigenvalue weighted by Crippen LogP contribution is -2.49. The SMILES string of the molecule is CCN(CC)CC.O=C(OCC12CC3CC(CC(C3)C1)C2)C(F)(F)S(=O)O. The van der Waals surface area contributed by atoms with E-state index in [2.05, 4.69) is 25.7 Å². The highest BCUT2D eigenvalue weighted by Gasteiger charge is 2.53. The Kier molecular flexibility index (Phi) is 7.78. The van der Waals surface area contributed by atoms with Crippen LogP contribution in [0.5, 0.6) is 0 Å². The van der Waals surface area contributed by atoms with Gasteiger partial charge in [0.15, 0.2) is 0 Å². The molecule has 0 spiro atoms. The predicted octanol–water partition coefficient (Wildman–Crippen LogP) is 3.91. The summed E-state index contributed by atoms with van der Waals surface area (Å²) in [6, 6.07) is 0. The molecule has 0 aliphatic heterocycles. The van der Waals surface area contributed by atoms with Crippen LogP contribution in [0.15, 0.2) is 0 Å². The molecule has 4 fully saturated rings. The van der Waals surface area contributed by atoms with E-state index >= 15 is 0 Å². The van der Waals surface area contributed by atoms with Gasteiger partial charge in [0.05, 0.1) is 6.61 Å². The molecule has 4 aliphatic carbocycles. The summed E-state index contributed by atoms with van der Waals surface area (Å²) in [6.07, 6.45) is 6.43. The molecular formula is C19H33F2NO4S. The standard InChI is InChI=1S/C13H18F2O4S.C6H15N/c14-13(15,20(17)18)11(16)19-7-12-4-8-1-9(5-12)3-10(2-8)6-12;1-4-7(5-2)6-3/h8-10H,1-7H2,(H,17,18);4-6H2,1-3H3. The van der Waals surface area contributed by atoms with Crippen molar-refractivity contribution in [3.63, 3.8) is 0 Å². The number of alkyl halides is 2. The zero-order valence-corrected chi connectivity index (χ0v) is 17.4. The summed E-state index contributed by atoms with van der Waals surface area (Å²) in [5.74, 6) is 0.0152. The largest absolute Gasteiger partial charge is 0.460 e. The summed E-state index contributed by atoms with van der Waals surface area (Å²) >= 11 is -3.53. The van der Waals surface area contributed by atoms with Crippen LogP contribution < -0.4 is 0 Å². The van der Waals surface area contributed by atoms with Crippen LogP contribution in [-0.4, -0.2) is 51.1 Å². The molecule has 0 aromatic carbocycles. The van der Waals surface area contributed by atoms with Crippen LogP contribution in [0, 0.1) is 23.2 Å². The van der Waals surface area contributed by atoms with Crippen LogP contribution in [-0.2, 0) is 20.6 Å². The van der Waals surface area contributed by atoms with Crippen molar-refractivity contribution in [3.05, 3.63) is 0 Å². The number of carbonyl (C=O) groups excluding carboxylic acids is 1. The van der Waals surface area contributed by atoms with Crippen LogP contribution in [0.1, 0.15) is 59.3 Å². The van der Waals surface area contributed by atoms with Gasteiger partial charge in [-0.25, -0.2) is 9.00 Å². The second kappa shape index (κ2) is 9.27. The first-order chi connectivity index (χ1) is 12.7. The highest BCUT2D eigenvalue weighted by molar-refractivity contribution is 7.81. The third kappa shape index (κ3) is 5.48. The minimum atomic E-state index is -4.33. The van der Waals surface area contributed by atoms with Gasteiger partial charge in [0.1, 0.15) is 0 Å². The van der Waals surface area contributed by atoms with E-state index < -0.39 is 22.3 Å². The van der Waals surface area contributed by atoms with Gasteiger partial charge in [-0.05, 0) is 75.9 Å². The molecule has 0 amide bonds. The van der Waals surface area contributed by atoms with Gasteiger partial charge in [-0.15, -0.1) is 0 Å². The highest BCUT2D eigenvalue weighted by atomic mass is 32.2. The smallest absolute Gasteiger partial charge is 0.439 e. The van der Waals surface area contributed by atoms with Crippen molar-refractivity contribution in [1.82, 2.24) is 4.90 Å². The summed E-state index contributed by atoms with van der Waals surface area (Å²) in [5, 5.41) is -4.33. The van der Waals surface area contributed by atoms with Gasteiger partial charge in [0.2, 0.25) is 11.1 Å². The Morgan fingerprint density at radius 3 is 1.78 bits per heavy atom. The molecule has 1 N–H and O–H groups in total. The summed E-state index contributed by atoms with van der Waals surface area (Å²) in [4.78, 5) is 13.6. The molecule has 0 heterocycles. The lowest BCUT2D eigenvalue weighted by Gasteiger charge is -2.56. The fourth-order valence-corrected chi connectivity index (χ4v) is 5.71. The fraction of sp³-hybridized carbons (Fsp3) is 0.947. The van der Waals surface area contributed by atoms with E-state index in [0.717, 1.165) is 19.3 Å². The average molecular weight is 410 g/mol. The zero-order valence-electron chi connectivity index (χ0n) is 16.6. The van der Waals surface area contributed by atoms with Gasteiger partial charge >= 0.3 is 11.2 Å². The van der Waals surface area contributed by atoms with Crippen LogP contribution in [0.3, 0.4) is 0 Å². The monoisotopic (exact) mass is 409 g/mol. The van der Waals surface area contributed by atoms with Crippen molar-refractivity contribution < 1.29 is 27.1 Å². The molecule has 0 aromatic heterocycles. The Balaban J connectivity index is 0.000000321. The maximum Gasteiger partial charge on any atom is 0.439 e. The summed E-state index contributed by atoms with van der Waals surface area (Å²) in [5.41, 5.74) is -0.169. The molecule has 0 saturated heterocycles. The van der Waals surface area contributed by atoms with Crippen molar-refractivity contribution in [1.29, 1.82) is 0 Å². The van der Waals surface area contributed by atoms with Crippen LogP contribution in [0.2, 0.25) is 0 Å². The second-order valence-electron chi connectivity index (χ2n) is 8.38. The van der Waals surface area contributed by atoms with Gasteiger partial charge in [-0.2, -0.15) is 8.78 Å². The molecule has 4 saturated carbocycles. The molecule has 0 radical (unpaired) electrons. The summed E-state index contributed by atoms with van der Waals surface area (Å²) in [6.45, 7) is 10.1. The molecule has 5 nitrogen and oxygen atoms in total. The Morgan fingerprint density at radius 2 is 1.48 bits per heavy atom. The van der Waals surface area contributed by atoms with Crippen LogP contribution in [0.4, 0.5) is 8.78 Å². The molecule has 1 unspecified atom stereocenters. The van der Waals surface area contributed by atoms with E-state index in [9.17, 15) is 17.8 Å². The minimum absolute atomic E-state index is 0.0396. The number of esters is 1. The van der Waals surface area contributed by atoms with Crippen molar-refractivity contribution in [2.75, 3.05) is 26.2 Å². The third-order valence-corrected chi connectivity index (χ3v) is 7.08. The van der Waals surface area contributed by atoms with Crippen LogP contribution >= 0.6 is 0 Å². The first kappa shape index (κ1) is 22.7. The number of nitrogens with zero attached hydrogens (tertiary/aromatic N) is 1. The van der Waals surface area contributed by atoms with Crippen molar-refractivity contribution in [2.45, 2.75) is 64.6 Å². The quantitative estimate of drug-likeness (QED) is 0.510. The number of hydrogen-bond acceptors (Lipinski definition) is 4. The Morgan fingerprint density at radius 1 is 1.07 bits per heavy atom. The first-order valence-corrected chi connectivity index (χ1v) is 11.1. The average Bonchev–Trinajstić information content (AvgIpc) is 2.60. The predicted molar refractivity (Wildman–Crippen MR) is 101 cm³/mol. The van der Waals surface area contributed by atoms with Gasteiger partial charge in [-0.3, -0.25) is 0 Å². The van der Waals surface area contributed by atoms with Crippen molar-refractivity contribution in [3.8, 4) is 0 Å². The molecule has 4 bridgehead atoms. The van der Waals surface area contributed by atoms with Crippen molar-refractivity contribution in [2.24, 2.45) is 23.2 Å². The van der Waals surface area contributed by atoms with Gasteiger partial charge in [0, 0.05) is 5.41 Å². The fourth-order valence-electron chi connectivity index (χ4n) is 5.51. The number of rotatable bonds is 7. The lowest BCUT2D eigenvalue weighted by atomic mass is 9.50. The molecule has 0 aromatic rings. The number of halogens is 2.